The first-order valence-electron chi connectivity index (χ1n) is 7.87. The monoisotopic (exact) mass is 352 g/mol. The summed E-state index contributed by atoms with van der Waals surface area (Å²) in [7, 11) is 0. The van der Waals surface area contributed by atoms with E-state index in [1.165, 1.54) is 18.2 Å². The standard InChI is InChI=1S/C17H19F3N4O/c1-3-4-9-21-16(25)14-10-15(23-11(2)22-14)24-13-7-5-12(6-8-13)17(18,19)20/h5-8,10H,3-4,9H2,1-2H3,(H,21,25)(H,22,23,24). The summed E-state index contributed by atoms with van der Waals surface area (Å²) in [4.78, 5) is 20.3. The Morgan fingerprint density at radius 1 is 1.16 bits per heavy atom. The topological polar surface area (TPSA) is 66.9 Å². The van der Waals surface area contributed by atoms with Gasteiger partial charge in [0.25, 0.3) is 5.91 Å². The molecule has 2 rings (SSSR count). The van der Waals surface area contributed by atoms with Crippen molar-refractivity contribution in [3.8, 4) is 0 Å². The summed E-state index contributed by atoms with van der Waals surface area (Å²) in [5.41, 5.74) is -0.0886. The number of hydrogen-bond acceptors (Lipinski definition) is 4. The van der Waals surface area contributed by atoms with Crippen LogP contribution in [0.3, 0.4) is 0 Å². The van der Waals surface area contributed by atoms with Gasteiger partial charge in [-0.2, -0.15) is 13.2 Å². The van der Waals surface area contributed by atoms with Crippen molar-refractivity contribution in [3.05, 3.63) is 47.4 Å². The number of aryl methyl sites for hydroxylation is 1. The molecular weight excluding hydrogens is 333 g/mol. The molecule has 0 aliphatic carbocycles. The molecule has 0 atom stereocenters. The van der Waals surface area contributed by atoms with Gasteiger partial charge in [0.2, 0.25) is 0 Å². The molecule has 5 nitrogen and oxygen atoms in total. The molecule has 0 saturated carbocycles. The Hall–Kier alpha value is -2.64. The molecule has 1 amide bonds. The van der Waals surface area contributed by atoms with Gasteiger partial charge >= 0.3 is 6.18 Å². The molecular formula is C17H19F3N4O. The van der Waals surface area contributed by atoms with Gasteiger partial charge in [-0.05, 0) is 37.6 Å². The SMILES string of the molecule is CCCCNC(=O)c1cc(Nc2ccc(C(F)(F)F)cc2)nc(C)n1. The summed E-state index contributed by atoms with van der Waals surface area (Å²) in [6.45, 7) is 4.22. The van der Waals surface area contributed by atoms with Crippen molar-refractivity contribution >= 4 is 17.4 Å². The lowest BCUT2D eigenvalue weighted by Gasteiger charge is -2.10. The van der Waals surface area contributed by atoms with E-state index in [1.54, 1.807) is 6.92 Å². The molecule has 0 aliphatic heterocycles. The number of nitrogens with one attached hydrogen (secondary N) is 2. The molecule has 8 heteroatoms. The fourth-order valence-corrected chi connectivity index (χ4v) is 2.11. The van der Waals surface area contributed by atoms with Crippen LogP contribution >= 0.6 is 0 Å². The number of rotatable bonds is 6. The van der Waals surface area contributed by atoms with Gasteiger partial charge in [0.1, 0.15) is 17.3 Å². The second kappa shape index (κ2) is 7.96. The highest BCUT2D eigenvalue weighted by molar-refractivity contribution is 5.93. The number of amides is 1. The van der Waals surface area contributed by atoms with Gasteiger partial charge in [0.05, 0.1) is 5.56 Å². The van der Waals surface area contributed by atoms with Crippen LogP contribution in [-0.4, -0.2) is 22.4 Å². The minimum atomic E-state index is -4.38. The average Bonchev–Trinajstić information content (AvgIpc) is 2.54. The zero-order valence-electron chi connectivity index (χ0n) is 13.9. The normalized spacial score (nSPS) is 11.2. The Morgan fingerprint density at radius 2 is 1.84 bits per heavy atom. The highest BCUT2D eigenvalue weighted by atomic mass is 19.4. The van der Waals surface area contributed by atoms with E-state index in [1.807, 2.05) is 6.92 Å². The van der Waals surface area contributed by atoms with Crippen molar-refractivity contribution in [2.24, 2.45) is 0 Å². The Balaban J connectivity index is 2.13. The Bertz CT molecular complexity index is 730. The number of alkyl halides is 3. The molecule has 0 saturated heterocycles. The number of anilines is 2. The molecule has 1 aromatic heterocycles. The first-order valence-corrected chi connectivity index (χ1v) is 7.87. The van der Waals surface area contributed by atoms with E-state index in [9.17, 15) is 18.0 Å². The summed E-state index contributed by atoms with van der Waals surface area (Å²) < 4.78 is 37.7. The lowest BCUT2D eigenvalue weighted by Crippen LogP contribution is -2.25. The van der Waals surface area contributed by atoms with Gasteiger partial charge in [0.15, 0.2) is 0 Å². The summed E-state index contributed by atoms with van der Waals surface area (Å²) in [6, 6.07) is 6.04. The molecule has 2 N–H and O–H groups in total. The molecule has 25 heavy (non-hydrogen) atoms. The third-order valence-corrected chi connectivity index (χ3v) is 3.37. The number of aromatic nitrogens is 2. The zero-order valence-corrected chi connectivity index (χ0v) is 13.9. The van der Waals surface area contributed by atoms with Crippen molar-refractivity contribution in [1.29, 1.82) is 0 Å². The number of hydrogen-bond donors (Lipinski definition) is 2. The van der Waals surface area contributed by atoms with Gasteiger partial charge in [-0.3, -0.25) is 4.79 Å². The van der Waals surface area contributed by atoms with Gasteiger partial charge in [0, 0.05) is 18.3 Å². The predicted octanol–water partition coefficient (Wildman–Crippen LogP) is 4.08. The molecule has 0 bridgehead atoms. The van der Waals surface area contributed by atoms with Crippen LogP contribution in [0.15, 0.2) is 30.3 Å². The van der Waals surface area contributed by atoms with Crippen LogP contribution in [0.1, 0.15) is 41.6 Å². The first-order chi connectivity index (χ1) is 11.8. The number of halogens is 3. The van der Waals surface area contributed by atoms with E-state index in [-0.39, 0.29) is 11.6 Å². The van der Waals surface area contributed by atoms with E-state index >= 15 is 0 Å². The Kier molecular flexibility index (Phi) is 5.95. The van der Waals surface area contributed by atoms with Crippen LogP contribution in [0.25, 0.3) is 0 Å². The molecule has 0 spiro atoms. The van der Waals surface area contributed by atoms with E-state index in [0.29, 0.717) is 23.9 Å². The molecule has 2 aromatic rings. The van der Waals surface area contributed by atoms with Crippen LogP contribution in [0.4, 0.5) is 24.7 Å². The maximum absolute atomic E-state index is 12.6. The number of nitrogens with zero attached hydrogens (tertiary/aromatic N) is 2. The molecule has 0 aliphatic rings. The second-order valence-corrected chi connectivity index (χ2v) is 5.50. The maximum Gasteiger partial charge on any atom is 0.416 e. The van der Waals surface area contributed by atoms with Gasteiger partial charge in [-0.1, -0.05) is 13.3 Å². The first kappa shape index (κ1) is 18.7. The van der Waals surface area contributed by atoms with Crippen molar-refractivity contribution in [1.82, 2.24) is 15.3 Å². The molecule has 0 unspecified atom stereocenters. The molecule has 0 fully saturated rings. The van der Waals surface area contributed by atoms with Crippen LogP contribution < -0.4 is 10.6 Å². The minimum Gasteiger partial charge on any atom is -0.351 e. The summed E-state index contributed by atoms with van der Waals surface area (Å²) >= 11 is 0. The molecule has 1 heterocycles. The Labute approximate surface area is 143 Å². The number of carbonyl (C=O) groups excluding carboxylic acids is 1. The predicted molar refractivity (Wildman–Crippen MR) is 88.7 cm³/mol. The van der Waals surface area contributed by atoms with Gasteiger partial charge in [-0.25, -0.2) is 9.97 Å². The largest absolute Gasteiger partial charge is 0.416 e. The summed E-state index contributed by atoms with van der Waals surface area (Å²) in [5.74, 6) is 0.417. The quantitative estimate of drug-likeness (QED) is 0.769. The minimum absolute atomic E-state index is 0.206. The lowest BCUT2D eigenvalue weighted by atomic mass is 10.2. The number of benzene rings is 1. The highest BCUT2D eigenvalue weighted by Crippen LogP contribution is 2.30. The zero-order chi connectivity index (χ0) is 18.4. The Morgan fingerprint density at radius 3 is 2.44 bits per heavy atom. The number of unbranched alkanes of at least 4 members (excludes halogenated alkanes) is 1. The van der Waals surface area contributed by atoms with Crippen LogP contribution in [0.5, 0.6) is 0 Å². The van der Waals surface area contributed by atoms with E-state index in [4.69, 9.17) is 0 Å². The van der Waals surface area contributed by atoms with Crippen LogP contribution in [-0.2, 0) is 6.18 Å². The smallest absolute Gasteiger partial charge is 0.351 e. The van der Waals surface area contributed by atoms with E-state index < -0.39 is 11.7 Å². The number of carbonyl (C=O) groups is 1. The van der Waals surface area contributed by atoms with E-state index in [0.717, 1.165) is 25.0 Å². The van der Waals surface area contributed by atoms with Crippen molar-refractivity contribution in [2.45, 2.75) is 32.9 Å². The highest BCUT2D eigenvalue weighted by Gasteiger charge is 2.29. The van der Waals surface area contributed by atoms with Gasteiger partial charge in [-0.15, -0.1) is 0 Å². The molecule has 1 aromatic carbocycles. The summed E-state index contributed by atoms with van der Waals surface area (Å²) in [6.07, 6.45) is -2.55. The maximum atomic E-state index is 12.6. The molecule has 134 valence electrons. The third kappa shape index (κ3) is 5.44. The van der Waals surface area contributed by atoms with Crippen LogP contribution in [0.2, 0.25) is 0 Å². The lowest BCUT2D eigenvalue weighted by molar-refractivity contribution is -0.137. The third-order valence-electron chi connectivity index (χ3n) is 3.37. The van der Waals surface area contributed by atoms with Crippen molar-refractivity contribution < 1.29 is 18.0 Å². The van der Waals surface area contributed by atoms with Crippen LogP contribution in [0, 0.1) is 6.92 Å². The van der Waals surface area contributed by atoms with Gasteiger partial charge < -0.3 is 10.6 Å². The fourth-order valence-electron chi connectivity index (χ4n) is 2.11. The molecule has 0 radical (unpaired) electrons. The summed E-state index contributed by atoms with van der Waals surface area (Å²) in [5, 5.41) is 5.65. The fraction of sp³-hybridized carbons (Fsp3) is 0.353. The average molecular weight is 352 g/mol. The second-order valence-electron chi connectivity index (χ2n) is 5.50. The van der Waals surface area contributed by atoms with Crippen molar-refractivity contribution in [3.63, 3.8) is 0 Å². The van der Waals surface area contributed by atoms with Crippen molar-refractivity contribution in [2.75, 3.05) is 11.9 Å². The van der Waals surface area contributed by atoms with E-state index in [2.05, 4.69) is 20.6 Å².